The highest BCUT2D eigenvalue weighted by atomic mass is 16.5. The molecule has 0 fully saturated rings. The van der Waals surface area contributed by atoms with Crippen molar-refractivity contribution in [3.05, 3.63) is 34.9 Å². The summed E-state index contributed by atoms with van der Waals surface area (Å²) in [6, 6.07) is 6.60. The van der Waals surface area contributed by atoms with Gasteiger partial charge in [-0.1, -0.05) is 32.0 Å². The van der Waals surface area contributed by atoms with Gasteiger partial charge < -0.3 is 10.5 Å². The summed E-state index contributed by atoms with van der Waals surface area (Å²) in [4.78, 5) is 0. The summed E-state index contributed by atoms with van der Waals surface area (Å²) < 4.78 is 5.38. The van der Waals surface area contributed by atoms with E-state index in [0.717, 1.165) is 0 Å². The molecule has 0 radical (unpaired) electrons. The van der Waals surface area contributed by atoms with E-state index in [1.807, 2.05) is 0 Å². The summed E-state index contributed by atoms with van der Waals surface area (Å²) in [6.45, 7) is 5.76. The van der Waals surface area contributed by atoms with Gasteiger partial charge in [0.25, 0.3) is 0 Å². The van der Waals surface area contributed by atoms with Crippen LogP contribution in [-0.4, -0.2) is 6.61 Å². The van der Waals surface area contributed by atoms with Crippen molar-refractivity contribution in [2.75, 3.05) is 6.61 Å². The Bertz CT molecular complexity index is 333. The van der Waals surface area contributed by atoms with Crippen molar-refractivity contribution in [3.63, 3.8) is 0 Å². The summed E-state index contributed by atoms with van der Waals surface area (Å²) in [7, 11) is 0. The minimum absolute atomic E-state index is 0.0532. The Balaban J connectivity index is 2.41. The van der Waals surface area contributed by atoms with Crippen molar-refractivity contribution in [3.8, 4) is 0 Å². The van der Waals surface area contributed by atoms with Gasteiger partial charge in [-0.3, -0.25) is 0 Å². The lowest BCUT2D eigenvalue weighted by Crippen LogP contribution is -2.23. The first-order chi connectivity index (χ1) is 6.68. The third-order valence-corrected chi connectivity index (χ3v) is 2.79. The molecule has 2 rings (SSSR count). The number of hydrogen-bond donors (Lipinski definition) is 1. The largest absolute Gasteiger partial charge is 0.375 e. The number of nitrogens with two attached hydrogens (primary N) is 1. The highest BCUT2D eigenvalue weighted by Crippen LogP contribution is 2.26. The van der Waals surface area contributed by atoms with Crippen molar-refractivity contribution in [2.24, 2.45) is 5.73 Å². The predicted molar refractivity (Wildman–Crippen MR) is 57.1 cm³/mol. The van der Waals surface area contributed by atoms with Crippen LogP contribution in [-0.2, 0) is 11.3 Å². The zero-order valence-corrected chi connectivity index (χ0v) is 8.79. The highest BCUT2D eigenvalue weighted by molar-refractivity contribution is 5.36. The van der Waals surface area contributed by atoms with Gasteiger partial charge in [0.2, 0.25) is 0 Å². The normalized spacial score (nSPS) is 21.0. The lowest BCUT2D eigenvalue weighted by Gasteiger charge is -2.23. The smallest absolute Gasteiger partial charge is 0.0721 e. The van der Waals surface area contributed by atoms with Crippen molar-refractivity contribution < 1.29 is 4.74 Å². The molecule has 1 heterocycles. The second kappa shape index (κ2) is 3.71. The average molecular weight is 191 g/mol. The standard InChI is InChI=1S/C12H17NO/c1-8(2)9-3-4-10-6-14-7-12(13)11(10)5-9/h3-5,8,12H,6-7,13H2,1-2H3/t12-/m1/s1. The maximum atomic E-state index is 5.99. The van der Waals surface area contributed by atoms with Crippen LogP contribution < -0.4 is 5.73 Å². The fourth-order valence-electron chi connectivity index (χ4n) is 1.83. The summed E-state index contributed by atoms with van der Waals surface area (Å²) in [5, 5.41) is 0. The maximum Gasteiger partial charge on any atom is 0.0721 e. The highest BCUT2D eigenvalue weighted by Gasteiger charge is 2.17. The van der Waals surface area contributed by atoms with Gasteiger partial charge >= 0.3 is 0 Å². The fraction of sp³-hybridized carbons (Fsp3) is 0.500. The Hall–Kier alpha value is -0.860. The third kappa shape index (κ3) is 1.68. The number of benzene rings is 1. The SMILES string of the molecule is CC(C)c1ccc2c(c1)[C@H](N)COC2. The first kappa shape index (κ1) is 9.69. The van der Waals surface area contributed by atoms with E-state index in [1.54, 1.807) is 0 Å². The van der Waals surface area contributed by atoms with Crippen LogP contribution in [0.25, 0.3) is 0 Å². The van der Waals surface area contributed by atoms with E-state index in [1.165, 1.54) is 16.7 Å². The number of ether oxygens (including phenoxy) is 1. The molecule has 1 aliphatic rings. The number of rotatable bonds is 1. The molecule has 14 heavy (non-hydrogen) atoms. The first-order valence-electron chi connectivity index (χ1n) is 5.14. The molecule has 1 atom stereocenters. The van der Waals surface area contributed by atoms with Gasteiger partial charge in [0.05, 0.1) is 19.3 Å². The molecular formula is C12H17NO. The van der Waals surface area contributed by atoms with Gasteiger partial charge in [-0.15, -0.1) is 0 Å². The minimum atomic E-state index is 0.0532. The van der Waals surface area contributed by atoms with E-state index in [0.29, 0.717) is 19.1 Å². The quantitative estimate of drug-likeness (QED) is 0.739. The maximum absolute atomic E-state index is 5.99. The fourth-order valence-corrected chi connectivity index (χ4v) is 1.83. The molecule has 0 spiro atoms. The summed E-state index contributed by atoms with van der Waals surface area (Å²) >= 11 is 0. The van der Waals surface area contributed by atoms with Gasteiger partial charge in [-0.05, 0) is 22.6 Å². The van der Waals surface area contributed by atoms with Crippen LogP contribution in [0.3, 0.4) is 0 Å². The van der Waals surface area contributed by atoms with Crippen LogP contribution in [0.4, 0.5) is 0 Å². The molecule has 0 amide bonds. The molecule has 2 heteroatoms. The second-order valence-corrected chi connectivity index (χ2v) is 4.23. The van der Waals surface area contributed by atoms with Crippen LogP contribution in [0, 0.1) is 0 Å². The Kier molecular flexibility index (Phi) is 2.57. The van der Waals surface area contributed by atoms with Gasteiger partial charge in [-0.2, -0.15) is 0 Å². The van der Waals surface area contributed by atoms with E-state index in [-0.39, 0.29) is 6.04 Å². The van der Waals surface area contributed by atoms with Crippen LogP contribution >= 0.6 is 0 Å². The molecule has 2 nitrogen and oxygen atoms in total. The van der Waals surface area contributed by atoms with Gasteiger partial charge in [-0.25, -0.2) is 0 Å². The third-order valence-electron chi connectivity index (χ3n) is 2.79. The number of hydrogen-bond acceptors (Lipinski definition) is 2. The first-order valence-corrected chi connectivity index (χ1v) is 5.14. The molecule has 1 aromatic rings. The molecule has 1 aromatic carbocycles. The molecule has 0 saturated carbocycles. The van der Waals surface area contributed by atoms with Crippen molar-refractivity contribution >= 4 is 0 Å². The molecule has 76 valence electrons. The van der Waals surface area contributed by atoms with Gasteiger partial charge in [0.15, 0.2) is 0 Å². The van der Waals surface area contributed by atoms with Crippen molar-refractivity contribution in [1.82, 2.24) is 0 Å². The molecule has 0 saturated heterocycles. The van der Waals surface area contributed by atoms with Crippen molar-refractivity contribution in [2.45, 2.75) is 32.4 Å². The van der Waals surface area contributed by atoms with E-state index in [2.05, 4.69) is 32.0 Å². The topological polar surface area (TPSA) is 35.2 Å². The molecule has 0 aromatic heterocycles. The predicted octanol–water partition coefficient (Wildman–Crippen LogP) is 2.34. The zero-order chi connectivity index (χ0) is 10.1. The molecule has 1 aliphatic heterocycles. The van der Waals surface area contributed by atoms with E-state index in [9.17, 15) is 0 Å². The Morgan fingerprint density at radius 3 is 2.93 bits per heavy atom. The molecular weight excluding hydrogens is 174 g/mol. The molecule has 2 N–H and O–H groups in total. The Morgan fingerprint density at radius 1 is 1.43 bits per heavy atom. The Morgan fingerprint density at radius 2 is 2.21 bits per heavy atom. The minimum Gasteiger partial charge on any atom is -0.375 e. The van der Waals surface area contributed by atoms with Crippen LogP contribution in [0.1, 0.15) is 42.5 Å². The summed E-state index contributed by atoms with van der Waals surface area (Å²) in [5.41, 5.74) is 9.86. The van der Waals surface area contributed by atoms with Gasteiger partial charge in [0, 0.05) is 0 Å². The van der Waals surface area contributed by atoms with Crippen LogP contribution in [0.2, 0.25) is 0 Å². The summed E-state index contributed by atoms with van der Waals surface area (Å²) in [5.74, 6) is 0.565. The zero-order valence-electron chi connectivity index (χ0n) is 8.79. The lowest BCUT2D eigenvalue weighted by atomic mass is 9.93. The van der Waals surface area contributed by atoms with Crippen LogP contribution in [0.15, 0.2) is 18.2 Å². The van der Waals surface area contributed by atoms with E-state index in [4.69, 9.17) is 10.5 Å². The molecule has 0 unspecified atom stereocenters. The van der Waals surface area contributed by atoms with Gasteiger partial charge in [0.1, 0.15) is 0 Å². The van der Waals surface area contributed by atoms with E-state index >= 15 is 0 Å². The lowest BCUT2D eigenvalue weighted by molar-refractivity contribution is 0.0923. The van der Waals surface area contributed by atoms with E-state index < -0.39 is 0 Å². The number of fused-ring (bicyclic) bond motifs is 1. The van der Waals surface area contributed by atoms with Crippen LogP contribution in [0.5, 0.6) is 0 Å². The average Bonchev–Trinajstić information content (AvgIpc) is 2.18. The molecule has 0 aliphatic carbocycles. The summed E-state index contributed by atoms with van der Waals surface area (Å²) in [6.07, 6.45) is 0. The second-order valence-electron chi connectivity index (χ2n) is 4.23. The monoisotopic (exact) mass is 191 g/mol. The molecule has 0 bridgehead atoms. The Labute approximate surface area is 85.1 Å². The van der Waals surface area contributed by atoms with Crippen molar-refractivity contribution in [1.29, 1.82) is 0 Å².